The molecule has 27 heavy (non-hydrogen) atoms. The third-order valence-corrected chi connectivity index (χ3v) is 4.12. The molecule has 0 atom stereocenters. The highest BCUT2D eigenvalue weighted by Gasteiger charge is 2.10. The molecular weight excluding hydrogens is 344 g/mol. The van der Waals surface area contributed by atoms with Crippen molar-refractivity contribution >= 4 is 11.8 Å². The van der Waals surface area contributed by atoms with Crippen LogP contribution in [-0.4, -0.2) is 50.1 Å². The van der Waals surface area contributed by atoms with E-state index in [1.165, 1.54) is 6.92 Å². The van der Waals surface area contributed by atoms with Gasteiger partial charge in [0.15, 0.2) is 0 Å². The van der Waals surface area contributed by atoms with Crippen molar-refractivity contribution in [1.29, 1.82) is 0 Å². The fraction of sp³-hybridized carbons (Fsp3) is 0.333. The standard InChI is InChI=1S/C21H26N2O4/c1-16-4-6-18(7-5-16)21(25)22-12-13-23(17(2)24)14-15-27-20-10-8-19(26-3)9-11-20/h4-11H,12-15H2,1-3H3,(H,22,25). The normalized spacial score (nSPS) is 10.2. The van der Waals surface area contributed by atoms with Crippen LogP contribution in [0.25, 0.3) is 0 Å². The number of nitrogens with zero attached hydrogens (tertiary/aromatic N) is 1. The second-order valence-corrected chi connectivity index (χ2v) is 6.15. The smallest absolute Gasteiger partial charge is 0.251 e. The van der Waals surface area contributed by atoms with Gasteiger partial charge in [0.1, 0.15) is 18.1 Å². The molecule has 6 nitrogen and oxygen atoms in total. The maximum Gasteiger partial charge on any atom is 0.251 e. The van der Waals surface area contributed by atoms with Crippen LogP contribution in [-0.2, 0) is 4.79 Å². The van der Waals surface area contributed by atoms with Crippen molar-refractivity contribution in [3.8, 4) is 11.5 Å². The van der Waals surface area contributed by atoms with Crippen LogP contribution < -0.4 is 14.8 Å². The molecule has 0 aliphatic heterocycles. The number of ether oxygens (including phenoxy) is 2. The van der Waals surface area contributed by atoms with Crippen LogP contribution in [0.2, 0.25) is 0 Å². The van der Waals surface area contributed by atoms with Gasteiger partial charge in [-0.2, -0.15) is 0 Å². The van der Waals surface area contributed by atoms with Crippen molar-refractivity contribution in [2.45, 2.75) is 13.8 Å². The molecule has 2 aromatic rings. The first-order valence-corrected chi connectivity index (χ1v) is 8.87. The molecule has 0 saturated heterocycles. The SMILES string of the molecule is COc1ccc(OCCN(CCNC(=O)c2ccc(C)cc2)C(C)=O)cc1. The zero-order chi connectivity index (χ0) is 19.6. The summed E-state index contributed by atoms with van der Waals surface area (Å²) in [7, 11) is 1.61. The lowest BCUT2D eigenvalue weighted by atomic mass is 10.1. The molecule has 2 aromatic carbocycles. The molecule has 0 fully saturated rings. The van der Waals surface area contributed by atoms with Crippen LogP contribution in [0.5, 0.6) is 11.5 Å². The summed E-state index contributed by atoms with van der Waals surface area (Å²) in [6.45, 7) is 5.11. The first kappa shape index (κ1) is 20.3. The maximum atomic E-state index is 12.1. The topological polar surface area (TPSA) is 67.9 Å². The number of nitrogens with one attached hydrogen (secondary N) is 1. The van der Waals surface area contributed by atoms with Crippen molar-refractivity contribution in [3.63, 3.8) is 0 Å². The Balaban J connectivity index is 1.75. The highest BCUT2D eigenvalue weighted by Crippen LogP contribution is 2.16. The Morgan fingerprint density at radius 2 is 1.59 bits per heavy atom. The van der Waals surface area contributed by atoms with Gasteiger partial charge in [-0.15, -0.1) is 0 Å². The van der Waals surface area contributed by atoms with E-state index in [9.17, 15) is 9.59 Å². The molecule has 2 rings (SSSR count). The van der Waals surface area contributed by atoms with Crippen molar-refractivity contribution in [3.05, 3.63) is 59.7 Å². The second kappa shape index (κ2) is 10.2. The number of hydrogen-bond acceptors (Lipinski definition) is 4. The predicted molar refractivity (Wildman–Crippen MR) is 104 cm³/mol. The fourth-order valence-electron chi connectivity index (χ4n) is 2.48. The van der Waals surface area contributed by atoms with Gasteiger partial charge in [0.05, 0.1) is 13.7 Å². The Bertz CT molecular complexity index is 742. The van der Waals surface area contributed by atoms with Gasteiger partial charge >= 0.3 is 0 Å². The zero-order valence-electron chi connectivity index (χ0n) is 16.0. The van der Waals surface area contributed by atoms with Crippen molar-refractivity contribution in [2.24, 2.45) is 0 Å². The predicted octanol–water partition coefficient (Wildman–Crippen LogP) is 2.66. The summed E-state index contributed by atoms with van der Waals surface area (Å²) in [6.07, 6.45) is 0. The van der Waals surface area contributed by atoms with E-state index in [0.29, 0.717) is 37.6 Å². The van der Waals surface area contributed by atoms with Gasteiger partial charge in [-0.25, -0.2) is 0 Å². The van der Waals surface area contributed by atoms with E-state index in [0.717, 1.165) is 11.3 Å². The van der Waals surface area contributed by atoms with Gasteiger partial charge in [0, 0.05) is 25.6 Å². The number of rotatable bonds is 9. The van der Waals surface area contributed by atoms with E-state index >= 15 is 0 Å². The molecule has 0 bridgehead atoms. The number of carbonyl (C=O) groups excluding carboxylic acids is 2. The van der Waals surface area contributed by atoms with Crippen LogP contribution >= 0.6 is 0 Å². The molecule has 6 heteroatoms. The Morgan fingerprint density at radius 1 is 0.963 bits per heavy atom. The molecular formula is C21H26N2O4. The Morgan fingerprint density at radius 3 is 2.19 bits per heavy atom. The number of aryl methyl sites for hydroxylation is 1. The first-order valence-electron chi connectivity index (χ1n) is 8.87. The van der Waals surface area contributed by atoms with Crippen LogP contribution in [0, 0.1) is 6.92 Å². The van der Waals surface area contributed by atoms with Gasteiger partial charge in [-0.1, -0.05) is 17.7 Å². The van der Waals surface area contributed by atoms with E-state index in [4.69, 9.17) is 9.47 Å². The minimum atomic E-state index is -0.145. The molecule has 0 spiro atoms. The van der Waals surface area contributed by atoms with Crippen LogP contribution in [0.4, 0.5) is 0 Å². The van der Waals surface area contributed by atoms with E-state index < -0.39 is 0 Å². The Hall–Kier alpha value is -3.02. The Labute approximate surface area is 160 Å². The van der Waals surface area contributed by atoms with Gasteiger partial charge in [-0.05, 0) is 43.3 Å². The number of carbonyl (C=O) groups is 2. The van der Waals surface area contributed by atoms with Gasteiger partial charge in [0.25, 0.3) is 5.91 Å². The number of hydrogen-bond donors (Lipinski definition) is 1. The highest BCUT2D eigenvalue weighted by atomic mass is 16.5. The zero-order valence-corrected chi connectivity index (χ0v) is 16.0. The molecule has 2 amide bonds. The maximum absolute atomic E-state index is 12.1. The molecule has 0 radical (unpaired) electrons. The lowest BCUT2D eigenvalue weighted by Crippen LogP contribution is -2.39. The highest BCUT2D eigenvalue weighted by molar-refractivity contribution is 5.94. The van der Waals surface area contributed by atoms with Crippen LogP contribution in [0.15, 0.2) is 48.5 Å². The summed E-state index contributed by atoms with van der Waals surface area (Å²) in [4.78, 5) is 25.6. The summed E-state index contributed by atoms with van der Waals surface area (Å²) >= 11 is 0. The van der Waals surface area contributed by atoms with Crippen molar-refractivity contribution in [2.75, 3.05) is 33.4 Å². The third-order valence-electron chi connectivity index (χ3n) is 4.12. The molecule has 0 heterocycles. The van der Waals surface area contributed by atoms with E-state index in [-0.39, 0.29) is 11.8 Å². The number of benzene rings is 2. The lowest BCUT2D eigenvalue weighted by Gasteiger charge is -2.21. The quantitative estimate of drug-likeness (QED) is 0.737. The monoisotopic (exact) mass is 370 g/mol. The van der Waals surface area contributed by atoms with Gasteiger partial charge in [0.2, 0.25) is 5.91 Å². The van der Waals surface area contributed by atoms with E-state index in [1.54, 1.807) is 24.1 Å². The molecule has 0 saturated carbocycles. The van der Waals surface area contributed by atoms with Crippen LogP contribution in [0.1, 0.15) is 22.8 Å². The van der Waals surface area contributed by atoms with E-state index in [1.807, 2.05) is 43.3 Å². The van der Waals surface area contributed by atoms with Crippen molar-refractivity contribution in [1.82, 2.24) is 10.2 Å². The minimum Gasteiger partial charge on any atom is -0.497 e. The largest absolute Gasteiger partial charge is 0.497 e. The average Bonchev–Trinajstić information content (AvgIpc) is 2.67. The van der Waals surface area contributed by atoms with Crippen molar-refractivity contribution < 1.29 is 19.1 Å². The molecule has 0 unspecified atom stereocenters. The molecule has 1 N–H and O–H groups in total. The van der Waals surface area contributed by atoms with Gasteiger partial charge < -0.3 is 19.7 Å². The lowest BCUT2D eigenvalue weighted by molar-refractivity contribution is -0.129. The number of amides is 2. The summed E-state index contributed by atoms with van der Waals surface area (Å²) in [5, 5.41) is 2.84. The summed E-state index contributed by atoms with van der Waals surface area (Å²) in [6, 6.07) is 14.6. The Kier molecular flexibility index (Phi) is 7.67. The average molecular weight is 370 g/mol. The summed E-state index contributed by atoms with van der Waals surface area (Å²) in [5.41, 5.74) is 1.71. The molecule has 0 aliphatic carbocycles. The minimum absolute atomic E-state index is 0.0575. The third kappa shape index (κ3) is 6.66. The first-order chi connectivity index (χ1) is 13.0. The van der Waals surface area contributed by atoms with Crippen LogP contribution in [0.3, 0.4) is 0 Å². The molecule has 0 aromatic heterocycles. The molecule has 144 valence electrons. The van der Waals surface area contributed by atoms with E-state index in [2.05, 4.69) is 5.32 Å². The second-order valence-electron chi connectivity index (χ2n) is 6.15. The summed E-state index contributed by atoms with van der Waals surface area (Å²) < 4.78 is 10.8. The fourth-order valence-corrected chi connectivity index (χ4v) is 2.48. The summed E-state index contributed by atoms with van der Waals surface area (Å²) in [5.74, 6) is 1.27. The number of methoxy groups -OCH3 is 1. The van der Waals surface area contributed by atoms with Gasteiger partial charge in [-0.3, -0.25) is 9.59 Å². The molecule has 0 aliphatic rings.